The fraction of sp³-hybridized carbons (Fsp3) is 0.958. The predicted octanol–water partition coefficient (Wildman–Crippen LogP) is 5.43. The number of carbonyl (C=O) groups is 1. The zero-order chi connectivity index (χ0) is 19.2. The van der Waals surface area contributed by atoms with Gasteiger partial charge in [0, 0.05) is 0 Å². The number of carbonyl (C=O) groups excluding carboxylic acids is 1. The molecule has 5 saturated carbocycles. The molecule has 0 aromatic carbocycles. The quantitative estimate of drug-likeness (QED) is 0.366. The van der Waals surface area contributed by atoms with Crippen molar-refractivity contribution >= 4 is 5.97 Å². The Labute approximate surface area is 164 Å². The summed E-state index contributed by atoms with van der Waals surface area (Å²) < 4.78 is 11.9. The predicted molar refractivity (Wildman–Crippen MR) is 105 cm³/mol. The molecule has 0 saturated heterocycles. The van der Waals surface area contributed by atoms with Crippen molar-refractivity contribution in [1.82, 2.24) is 0 Å². The number of esters is 1. The van der Waals surface area contributed by atoms with Gasteiger partial charge >= 0.3 is 5.97 Å². The number of hydrogen-bond donors (Lipinski definition) is 0. The van der Waals surface area contributed by atoms with Crippen molar-refractivity contribution in [2.75, 3.05) is 6.79 Å². The Balaban J connectivity index is 1.16. The van der Waals surface area contributed by atoms with E-state index in [-0.39, 0.29) is 29.0 Å². The molecule has 27 heavy (non-hydrogen) atoms. The smallest absolute Gasteiger partial charge is 0.314 e. The van der Waals surface area contributed by atoms with E-state index in [2.05, 4.69) is 34.6 Å². The minimum atomic E-state index is -0.307. The average Bonchev–Trinajstić information content (AvgIpc) is 3.13. The number of fused-ring (bicyclic) bond motifs is 9. The van der Waals surface area contributed by atoms with E-state index in [4.69, 9.17) is 9.47 Å². The van der Waals surface area contributed by atoms with Gasteiger partial charge in [-0.25, -0.2) is 0 Å². The fourth-order valence-electron chi connectivity index (χ4n) is 8.35. The lowest BCUT2D eigenvalue weighted by atomic mass is 9.70. The summed E-state index contributed by atoms with van der Waals surface area (Å²) in [6.45, 7) is 11.2. The lowest BCUT2D eigenvalue weighted by molar-refractivity contribution is -0.174. The van der Waals surface area contributed by atoms with E-state index >= 15 is 0 Å². The van der Waals surface area contributed by atoms with Gasteiger partial charge in [0.25, 0.3) is 0 Å². The van der Waals surface area contributed by atoms with Crippen LogP contribution in [0.2, 0.25) is 0 Å². The molecule has 0 amide bonds. The highest BCUT2D eigenvalue weighted by Gasteiger charge is 2.68. The molecular formula is C24H38O3. The molecule has 0 N–H and O–H groups in total. The van der Waals surface area contributed by atoms with Crippen LogP contribution in [-0.4, -0.2) is 18.9 Å². The molecule has 3 heteroatoms. The highest BCUT2D eigenvalue weighted by Crippen LogP contribution is 2.69. The van der Waals surface area contributed by atoms with Crippen molar-refractivity contribution in [3.63, 3.8) is 0 Å². The van der Waals surface area contributed by atoms with Gasteiger partial charge in [0.2, 0.25) is 0 Å². The first-order chi connectivity index (χ1) is 12.6. The standard InChI is InChI=1S/C24H38O3/c1-22(2,3)11-24(12-23(24,4)5)21(25)27-13-26-18-10-16-9-17(18)20-15-7-6-14(8-15)19(16)20/h14-20H,6-13H2,1-5H3/t14?,15?,16?,17?,18?,19?,20?,24-/m0/s1. The summed E-state index contributed by atoms with van der Waals surface area (Å²) in [7, 11) is 0. The minimum Gasteiger partial charge on any atom is -0.438 e. The lowest BCUT2D eigenvalue weighted by Gasteiger charge is -2.38. The van der Waals surface area contributed by atoms with Crippen LogP contribution in [0, 0.1) is 51.8 Å². The summed E-state index contributed by atoms with van der Waals surface area (Å²) in [6.07, 6.45) is 9.21. The van der Waals surface area contributed by atoms with Crippen LogP contribution in [0.4, 0.5) is 0 Å². The van der Waals surface area contributed by atoms with Crippen molar-refractivity contribution in [1.29, 1.82) is 0 Å². The first kappa shape index (κ1) is 18.5. The second kappa shape index (κ2) is 5.74. The van der Waals surface area contributed by atoms with Crippen LogP contribution in [0.25, 0.3) is 0 Å². The van der Waals surface area contributed by atoms with Crippen molar-refractivity contribution in [2.45, 2.75) is 85.7 Å². The zero-order valence-electron chi connectivity index (χ0n) is 17.9. The number of hydrogen-bond acceptors (Lipinski definition) is 3. The Hall–Kier alpha value is -0.570. The second-order valence-corrected chi connectivity index (χ2v) is 12.5. The Bertz CT molecular complexity index is 632. The molecule has 0 spiro atoms. The summed E-state index contributed by atoms with van der Waals surface area (Å²) in [4.78, 5) is 12.9. The average molecular weight is 375 g/mol. The van der Waals surface area contributed by atoms with Gasteiger partial charge in [-0.1, -0.05) is 34.6 Å². The summed E-state index contributed by atoms with van der Waals surface area (Å²) in [5, 5.41) is 0. The molecule has 5 aliphatic carbocycles. The maximum atomic E-state index is 12.9. The molecule has 5 rings (SSSR count). The summed E-state index contributed by atoms with van der Waals surface area (Å²) in [5.74, 6) is 5.56. The van der Waals surface area contributed by atoms with Gasteiger partial charge in [-0.3, -0.25) is 4.79 Å². The lowest BCUT2D eigenvalue weighted by Crippen LogP contribution is -2.37. The first-order valence-corrected chi connectivity index (χ1v) is 11.4. The van der Waals surface area contributed by atoms with Crippen LogP contribution >= 0.6 is 0 Å². The maximum absolute atomic E-state index is 12.9. The van der Waals surface area contributed by atoms with Gasteiger partial charge in [0.15, 0.2) is 6.79 Å². The van der Waals surface area contributed by atoms with Crippen molar-refractivity contribution in [2.24, 2.45) is 51.8 Å². The Morgan fingerprint density at radius 1 is 1.00 bits per heavy atom. The molecule has 0 heterocycles. The normalized spacial score (nSPS) is 48.7. The number of ether oxygens (including phenoxy) is 2. The molecule has 152 valence electrons. The van der Waals surface area contributed by atoms with Gasteiger partial charge in [-0.15, -0.1) is 0 Å². The molecule has 5 aliphatic rings. The topological polar surface area (TPSA) is 35.5 Å². The van der Waals surface area contributed by atoms with E-state index in [0.29, 0.717) is 6.10 Å². The summed E-state index contributed by atoms with van der Waals surface area (Å²) >= 11 is 0. The van der Waals surface area contributed by atoms with E-state index in [1.165, 1.54) is 32.1 Å². The summed E-state index contributed by atoms with van der Waals surface area (Å²) in [6, 6.07) is 0. The fourth-order valence-corrected chi connectivity index (χ4v) is 8.35. The van der Waals surface area contributed by atoms with Crippen molar-refractivity contribution in [3.05, 3.63) is 0 Å². The van der Waals surface area contributed by atoms with Crippen molar-refractivity contribution < 1.29 is 14.3 Å². The Morgan fingerprint density at radius 2 is 1.67 bits per heavy atom. The molecule has 8 atom stereocenters. The van der Waals surface area contributed by atoms with Gasteiger partial charge in [-0.2, -0.15) is 0 Å². The molecule has 0 aromatic rings. The molecule has 7 unspecified atom stereocenters. The number of rotatable bonds is 5. The highest BCUT2D eigenvalue weighted by molar-refractivity contribution is 5.81. The van der Waals surface area contributed by atoms with Crippen LogP contribution < -0.4 is 0 Å². The maximum Gasteiger partial charge on any atom is 0.314 e. The van der Waals surface area contributed by atoms with Crippen LogP contribution in [-0.2, 0) is 14.3 Å². The van der Waals surface area contributed by atoms with Crippen LogP contribution in [0.15, 0.2) is 0 Å². The third-order valence-electron chi connectivity index (χ3n) is 9.28. The van der Waals surface area contributed by atoms with Crippen LogP contribution in [0.1, 0.15) is 79.6 Å². The first-order valence-electron chi connectivity index (χ1n) is 11.4. The molecule has 0 radical (unpaired) electrons. The van der Waals surface area contributed by atoms with Gasteiger partial charge < -0.3 is 9.47 Å². The monoisotopic (exact) mass is 374 g/mol. The molecule has 0 aliphatic heterocycles. The van der Waals surface area contributed by atoms with Crippen LogP contribution in [0.5, 0.6) is 0 Å². The molecule has 0 aromatic heterocycles. The van der Waals surface area contributed by atoms with Gasteiger partial charge in [0.1, 0.15) is 0 Å². The highest BCUT2D eigenvalue weighted by atomic mass is 16.7. The van der Waals surface area contributed by atoms with E-state index in [1.807, 2.05) is 0 Å². The third-order valence-corrected chi connectivity index (χ3v) is 9.28. The van der Waals surface area contributed by atoms with E-state index < -0.39 is 0 Å². The Morgan fingerprint density at radius 3 is 2.30 bits per heavy atom. The minimum absolute atomic E-state index is 0.0246. The SMILES string of the molecule is CC(C)(C)C[C@@]1(C(=O)OCOC2CC3CC2C2C4CCC(C4)C32)CC1(C)C. The van der Waals surface area contributed by atoms with Crippen LogP contribution in [0.3, 0.4) is 0 Å². The van der Waals surface area contributed by atoms with E-state index in [1.54, 1.807) is 0 Å². The Kier molecular flexibility index (Phi) is 3.92. The van der Waals surface area contributed by atoms with Gasteiger partial charge in [0.05, 0.1) is 11.5 Å². The largest absolute Gasteiger partial charge is 0.438 e. The van der Waals surface area contributed by atoms with Crippen molar-refractivity contribution in [3.8, 4) is 0 Å². The van der Waals surface area contributed by atoms with E-state index in [0.717, 1.165) is 48.3 Å². The zero-order valence-corrected chi connectivity index (χ0v) is 17.9. The van der Waals surface area contributed by atoms with Gasteiger partial charge in [-0.05, 0) is 91.3 Å². The molecule has 5 fully saturated rings. The molecule has 3 nitrogen and oxygen atoms in total. The van der Waals surface area contributed by atoms with E-state index in [9.17, 15) is 4.79 Å². The third kappa shape index (κ3) is 2.74. The second-order valence-electron chi connectivity index (χ2n) is 12.5. The molecular weight excluding hydrogens is 336 g/mol. The molecule has 4 bridgehead atoms. The summed E-state index contributed by atoms with van der Waals surface area (Å²) in [5.41, 5.74) is -0.117.